The summed E-state index contributed by atoms with van der Waals surface area (Å²) in [5, 5.41) is 3.62. The van der Waals surface area contributed by atoms with Gasteiger partial charge in [-0.1, -0.05) is 24.4 Å². The van der Waals surface area contributed by atoms with E-state index >= 15 is 0 Å². The minimum atomic E-state index is -4.19. The lowest BCUT2D eigenvalue weighted by molar-refractivity contribution is -0.134. The number of hydrogen-bond acceptors (Lipinski definition) is 4. The fourth-order valence-corrected chi connectivity index (χ4v) is 2.79. The summed E-state index contributed by atoms with van der Waals surface area (Å²) in [6.07, 6.45) is 0.732. The van der Waals surface area contributed by atoms with Gasteiger partial charge < -0.3 is 10.3 Å². The maximum Gasteiger partial charge on any atom is 0.389 e. The third kappa shape index (κ3) is 4.19. The summed E-state index contributed by atoms with van der Waals surface area (Å²) in [6, 6.07) is 0. The van der Waals surface area contributed by atoms with Crippen LogP contribution in [0.15, 0.2) is 4.52 Å². The molecular formula is C13H20F3N3O. The van der Waals surface area contributed by atoms with E-state index in [1.54, 1.807) is 0 Å². The highest BCUT2D eigenvalue weighted by atomic mass is 19.4. The summed E-state index contributed by atoms with van der Waals surface area (Å²) in [5.74, 6) is 0.537. The van der Waals surface area contributed by atoms with Crippen LogP contribution in [0.5, 0.6) is 0 Å². The molecular weight excluding hydrogens is 271 g/mol. The summed E-state index contributed by atoms with van der Waals surface area (Å²) >= 11 is 0. The van der Waals surface area contributed by atoms with E-state index in [0.717, 1.165) is 25.7 Å². The van der Waals surface area contributed by atoms with Crippen molar-refractivity contribution in [2.75, 3.05) is 6.54 Å². The van der Waals surface area contributed by atoms with Crippen LogP contribution in [0.2, 0.25) is 0 Å². The summed E-state index contributed by atoms with van der Waals surface area (Å²) in [6.45, 7) is 0.549. The van der Waals surface area contributed by atoms with Crippen molar-refractivity contribution in [1.29, 1.82) is 0 Å². The smallest absolute Gasteiger partial charge is 0.339 e. The lowest BCUT2D eigenvalue weighted by Crippen LogP contribution is -2.35. The number of aromatic nitrogens is 2. The van der Waals surface area contributed by atoms with Gasteiger partial charge in [0.25, 0.3) is 0 Å². The highest BCUT2D eigenvalue weighted by molar-refractivity contribution is 4.95. The van der Waals surface area contributed by atoms with Gasteiger partial charge in [-0.25, -0.2) is 0 Å². The van der Waals surface area contributed by atoms with Gasteiger partial charge in [0.1, 0.15) is 0 Å². The molecule has 7 heteroatoms. The molecule has 1 heterocycles. The minimum Gasteiger partial charge on any atom is -0.339 e. The summed E-state index contributed by atoms with van der Waals surface area (Å²) in [4.78, 5) is 4.07. The van der Waals surface area contributed by atoms with Crippen molar-refractivity contribution in [3.63, 3.8) is 0 Å². The first-order valence-electron chi connectivity index (χ1n) is 7.01. The summed E-state index contributed by atoms with van der Waals surface area (Å²) < 4.78 is 41.5. The van der Waals surface area contributed by atoms with Crippen LogP contribution in [0, 0.1) is 5.41 Å². The van der Waals surface area contributed by atoms with Crippen molar-refractivity contribution in [3.8, 4) is 0 Å². The van der Waals surface area contributed by atoms with Gasteiger partial charge >= 0.3 is 6.18 Å². The second kappa shape index (κ2) is 6.11. The Morgan fingerprint density at radius 1 is 1.20 bits per heavy atom. The average molecular weight is 291 g/mol. The number of rotatable bonds is 5. The van der Waals surface area contributed by atoms with E-state index in [2.05, 4.69) is 10.1 Å². The molecule has 114 valence electrons. The first kappa shape index (κ1) is 15.3. The normalized spacial score (nSPS) is 19.2. The predicted octanol–water partition coefficient (Wildman–Crippen LogP) is 3.02. The molecule has 0 atom stereocenters. The zero-order chi connectivity index (χ0) is 14.6. The van der Waals surface area contributed by atoms with Crippen LogP contribution < -0.4 is 5.73 Å². The summed E-state index contributed by atoms with van der Waals surface area (Å²) in [5.41, 5.74) is 5.85. The Morgan fingerprint density at radius 2 is 1.90 bits per heavy atom. The lowest BCUT2D eigenvalue weighted by Gasteiger charge is -2.34. The zero-order valence-electron chi connectivity index (χ0n) is 11.4. The van der Waals surface area contributed by atoms with Gasteiger partial charge in [0, 0.05) is 12.8 Å². The van der Waals surface area contributed by atoms with Crippen molar-refractivity contribution in [2.24, 2.45) is 11.1 Å². The molecule has 0 radical (unpaired) electrons. The molecule has 0 saturated heterocycles. The third-order valence-corrected chi connectivity index (χ3v) is 4.02. The Balaban J connectivity index is 1.94. The molecule has 0 spiro atoms. The quantitative estimate of drug-likeness (QED) is 0.905. The highest BCUT2D eigenvalue weighted by Gasteiger charge is 2.33. The monoisotopic (exact) mass is 291 g/mol. The molecule has 1 aliphatic carbocycles. The molecule has 0 unspecified atom stereocenters. The van der Waals surface area contributed by atoms with E-state index in [9.17, 15) is 13.2 Å². The third-order valence-electron chi connectivity index (χ3n) is 4.02. The van der Waals surface area contributed by atoms with Crippen molar-refractivity contribution < 1.29 is 17.7 Å². The number of alkyl halides is 3. The van der Waals surface area contributed by atoms with Crippen molar-refractivity contribution in [1.82, 2.24) is 10.1 Å². The van der Waals surface area contributed by atoms with Crippen LogP contribution in [-0.4, -0.2) is 22.9 Å². The molecule has 0 aliphatic heterocycles. The molecule has 2 N–H and O–H groups in total. The van der Waals surface area contributed by atoms with E-state index in [1.807, 2.05) is 0 Å². The Labute approximate surface area is 115 Å². The van der Waals surface area contributed by atoms with E-state index in [-0.39, 0.29) is 17.7 Å². The molecule has 4 nitrogen and oxygen atoms in total. The molecule has 1 aromatic heterocycles. The maximum absolute atomic E-state index is 12.1. The standard InChI is InChI=1S/C13H20F3N3O/c14-13(15,16)7-4-10-18-11(20-19-10)8-12(9-17)5-2-1-3-6-12/h1-9,17H2. The van der Waals surface area contributed by atoms with E-state index < -0.39 is 12.6 Å². The topological polar surface area (TPSA) is 64.9 Å². The predicted molar refractivity (Wildman–Crippen MR) is 67.0 cm³/mol. The van der Waals surface area contributed by atoms with Gasteiger partial charge in [-0.15, -0.1) is 0 Å². The fourth-order valence-electron chi connectivity index (χ4n) is 2.79. The van der Waals surface area contributed by atoms with Gasteiger partial charge in [-0.2, -0.15) is 18.2 Å². The molecule has 1 aromatic rings. The second-order valence-corrected chi connectivity index (χ2v) is 5.66. The molecule has 1 saturated carbocycles. The Morgan fingerprint density at radius 3 is 2.50 bits per heavy atom. The van der Waals surface area contributed by atoms with Crippen LogP contribution >= 0.6 is 0 Å². The highest BCUT2D eigenvalue weighted by Crippen LogP contribution is 2.38. The summed E-state index contributed by atoms with van der Waals surface area (Å²) in [7, 11) is 0. The zero-order valence-corrected chi connectivity index (χ0v) is 11.4. The van der Waals surface area contributed by atoms with E-state index in [4.69, 9.17) is 10.3 Å². The van der Waals surface area contributed by atoms with E-state index in [1.165, 1.54) is 6.42 Å². The molecule has 0 amide bonds. The molecule has 2 rings (SSSR count). The molecule has 1 fully saturated rings. The first-order valence-corrected chi connectivity index (χ1v) is 7.01. The van der Waals surface area contributed by atoms with Crippen LogP contribution in [-0.2, 0) is 12.8 Å². The fraction of sp³-hybridized carbons (Fsp3) is 0.846. The van der Waals surface area contributed by atoms with Gasteiger partial charge in [0.05, 0.1) is 6.42 Å². The number of hydrogen-bond donors (Lipinski definition) is 1. The number of nitrogens with zero attached hydrogens (tertiary/aromatic N) is 2. The van der Waals surface area contributed by atoms with Crippen LogP contribution in [0.25, 0.3) is 0 Å². The van der Waals surface area contributed by atoms with Crippen LogP contribution in [0.4, 0.5) is 13.2 Å². The van der Waals surface area contributed by atoms with Gasteiger partial charge in [-0.05, 0) is 24.8 Å². The lowest BCUT2D eigenvalue weighted by atomic mass is 9.72. The SMILES string of the molecule is NCC1(Cc2nc(CCC(F)(F)F)no2)CCCCC1. The molecule has 0 bridgehead atoms. The second-order valence-electron chi connectivity index (χ2n) is 5.66. The average Bonchev–Trinajstić information content (AvgIpc) is 2.84. The Hall–Kier alpha value is -1.11. The molecule has 20 heavy (non-hydrogen) atoms. The van der Waals surface area contributed by atoms with Crippen molar-refractivity contribution in [2.45, 2.75) is 57.5 Å². The van der Waals surface area contributed by atoms with E-state index in [0.29, 0.717) is 18.9 Å². The first-order chi connectivity index (χ1) is 9.42. The largest absolute Gasteiger partial charge is 0.389 e. The molecule has 1 aliphatic rings. The van der Waals surface area contributed by atoms with Gasteiger partial charge in [0.2, 0.25) is 5.89 Å². The van der Waals surface area contributed by atoms with Gasteiger partial charge in [0.15, 0.2) is 5.82 Å². The number of nitrogens with two attached hydrogens (primary N) is 1. The van der Waals surface area contributed by atoms with Crippen LogP contribution in [0.1, 0.15) is 50.2 Å². The number of halogens is 3. The number of aryl methyl sites for hydroxylation is 1. The Bertz CT molecular complexity index is 425. The molecule has 0 aromatic carbocycles. The Kier molecular flexibility index (Phi) is 4.67. The van der Waals surface area contributed by atoms with Crippen LogP contribution in [0.3, 0.4) is 0 Å². The maximum atomic E-state index is 12.1. The van der Waals surface area contributed by atoms with Gasteiger partial charge in [-0.3, -0.25) is 0 Å². The minimum absolute atomic E-state index is 0.0217. The van der Waals surface area contributed by atoms with Crippen molar-refractivity contribution in [3.05, 3.63) is 11.7 Å². The van der Waals surface area contributed by atoms with Crippen molar-refractivity contribution >= 4 is 0 Å².